The van der Waals surface area contributed by atoms with Crippen molar-refractivity contribution >= 4 is 16.9 Å². The lowest BCUT2D eigenvalue weighted by Crippen LogP contribution is -2.19. The smallest absolute Gasteiger partial charge is 0.306 e. The second kappa shape index (κ2) is 9.74. The summed E-state index contributed by atoms with van der Waals surface area (Å²) in [5.74, 6) is 0.665. The molecule has 6 nitrogen and oxygen atoms in total. The first kappa shape index (κ1) is 19.7. The Balaban J connectivity index is 1.86. The monoisotopic (exact) mass is 374 g/mol. The van der Waals surface area contributed by atoms with Gasteiger partial charge in [0.2, 0.25) is 0 Å². The quantitative estimate of drug-likeness (QED) is 0.480. The fourth-order valence-corrected chi connectivity index (χ4v) is 3.38. The van der Waals surface area contributed by atoms with Crippen LogP contribution in [0, 0.1) is 0 Å². The van der Waals surface area contributed by atoms with Gasteiger partial charge in [0.25, 0.3) is 0 Å². The first-order valence-electron chi connectivity index (χ1n) is 10.1. The maximum atomic E-state index is 11.8. The van der Waals surface area contributed by atoms with Gasteiger partial charge in [0.15, 0.2) is 6.23 Å². The highest BCUT2D eigenvalue weighted by molar-refractivity contribution is 5.84. The number of carbonyl (C=O) groups is 1. The van der Waals surface area contributed by atoms with Crippen LogP contribution < -0.4 is 4.74 Å². The van der Waals surface area contributed by atoms with Gasteiger partial charge in [-0.05, 0) is 44.7 Å². The zero-order valence-corrected chi connectivity index (χ0v) is 16.4. The van der Waals surface area contributed by atoms with Gasteiger partial charge in [-0.25, -0.2) is 4.68 Å². The number of ether oxygens (including phenoxy) is 3. The van der Waals surface area contributed by atoms with Gasteiger partial charge in [-0.3, -0.25) is 4.79 Å². The van der Waals surface area contributed by atoms with Crippen LogP contribution in [0.5, 0.6) is 5.75 Å². The molecule has 1 aromatic carbocycles. The predicted octanol–water partition coefficient (Wildman–Crippen LogP) is 4.41. The number of nitrogens with zero attached hydrogens (tertiary/aromatic N) is 2. The summed E-state index contributed by atoms with van der Waals surface area (Å²) in [6.07, 6.45) is 6.17. The lowest BCUT2D eigenvalue weighted by Gasteiger charge is -2.23. The van der Waals surface area contributed by atoms with Crippen LogP contribution in [-0.2, 0) is 20.7 Å². The zero-order chi connectivity index (χ0) is 19.1. The number of benzene rings is 1. The molecular weight excluding hydrogens is 344 g/mol. The number of aromatic nitrogens is 2. The van der Waals surface area contributed by atoms with Crippen molar-refractivity contribution in [1.82, 2.24) is 9.78 Å². The molecule has 0 amide bonds. The predicted molar refractivity (Wildman–Crippen MR) is 104 cm³/mol. The molecule has 27 heavy (non-hydrogen) atoms. The topological polar surface area (TPSA) is 62.6 Å². The number of fused-ring (bicyclic) bond motifs is 1. The number of hydrogen-bond donors (Lipinski definition) is 0. The Bertz CT molecular complexity index is 750. The van der Waals surface area contributed by atoms with Crippen LogP contribution in [0.25, 0.3) is 10.9 Å². The highest BCUT2D eigenvalue weighted by Gasteiger charge is 2.22. The molecule has 3 rings (SSSR count). The van der Waals surface area contributed by atoms with Crippen LogP contribution >= 0.6 is 0 Å². The Labute approximate surface area is 160 Å². The third-order valence-corrected chi connectivity index (χ3v) is 4.82. The normalized spacial score (nSPS) is 17.2. The molecule has 1 unspecified atom stereocenters. The van der Waals surface area contributed by atoms with Crippen molar-refractivity contribution in [2.75, 3.05) is 19.8 Å². The van der Waals surface area contributed by atoms with Gasteiger partial charge in [0.05, 0.1) is 30.8 Å². The Kier molecular flexibility index (Phi) is 7.10. The van der Waals surface area contributed by atoms with E-state index in [2.05, 4.69) is 6.92 Å². The first-order chi connectivity index (χ1) is 13.2. The van der Waals surface area contributed by atoms with Crippen molar-refractivity contribution < 1.29 is 19.0 Å². The van der Waals surface area contributed by atoms with Gasteiger partial charge in [0.1, 0.15) is 5.75 Å². The van der Waals surface area contributed by atoms with Crippen LogP contribution in [0.3, 0.4) is 0 Å². The summed E-state index contributed by atoms with van der Waals surface area (Å²) in [7, 11) is 0. The third-order valence-electron chi connectivity index (χ3n) is 4.82. The van der Waals surface area contributed by atoms with Crippen molar-refractivity contribution in [2.24, 2.45) is 0 Å². The molecule has 1 atom stereocenters. The van der Waals surface area contributed by atoms with E-state index in [1.165, 1.54) is 0 Å². The minimum Gasteiger partial charge on any atom is -0.494 e. The number of rotatable bonds is 9. The molecule has 0 spiro atoms. The first-order valence-corrected chi connectivity index (χ1v) is 10.1. The van der Waals surface area contributed by atoms with Crippen molar-refractivity contribution in [1.29, 1.82) is 0 Å². The molecular formula is C21H30N2O4. The maximum absolute atomic E-state index is 11.8. The molecule has 1 fully saturated rings. The van der Waals surface area contributed by atoms with Crippen molar-refractivity contribution in [3.63, 3.8) is 0 Å². The van der Waals surface area contributed by atoms with E-state index in [4.69, 9.17) is 19.3 Å². The molecule has 1 aliphatic rings. The van der Waals surface area contributed by atoms with E-state index in [1.54, 1.807) is 0 Å². The van der Waals surface area contributed by atoms with Crippen LogP contribution in [0.2, 0.25) is 0 Å². The van der Waals surface area contributed by atoms with E-state index in [1.807, 2.05) is 29.8 Å². The largest absolute Gasteiger partial charge is 0.494 e. The standard InChI is InChI=1S/C21H30N2O4/c1-3-5-13-26-16-9-10-17-18(11-12-21(24)25-4-2)22-23(19(17)15-16)20-8-6-7-14-27-20/h9-10,15,20H,3-8,11-14H2,1-2H3. The van der Waals surface area contributed by atoms with Crippen LogP contribution in [0.15, 0.2) is 18.2 Å². The molecule has 2 aromatic rings. The van der Waals surface area contributed by atoms with Crippen molar-refractivity contribution in [3.05, 3.63) is 23.9 Å². The maximum Gasteiger partial charge on any atom is 0.306 e. The minimum atomic E-state index is -0.186. The number of esters is 1. The average Bonchev–Trinajstić information content (AvgIpc) is 3.05. The fraction of sp³-hybridized carbons (Fsp3) is 0.619. The Morgan fingerprint density at radius 3 is 2.96 bits per heavy atom. The van der Waals surface area contributed by atoms with Crippen LogP contribution in [0.1, 0.15) is 64.3 Å². The lowest BCUT2D eigenvalue weighted by molar-refractivity contribution is -0.143. The number of carbonyl (C=O) groups excluding carboxylic acids is 1. The van der Waals surface area contributed by atoms with Gasteiger partial charge in [-0.1, -0.05) is 13.3 Å². The van der Waals surface area contributed by atoms with Gasteiger partial charge in [-0.2, -0.15) is 5.10 Å². The molecule has 1 aliphatic heterocycles. The van der Waals surface area contributed by atoms with Crippen LogP contribution in [-0.4, -0.2) is 35.6 Å². The zero-order valence-electron chi connectivity index (χ0n) is 16.4. The number of hydrogen-bond acceptors (Lipinski definition) is 5. The Morgan fingerprint density at radius 1 is 1.33 bits per heavy atom. The third kappa shape index (κ3) is 5.01. The van der Waals surface area contributed by atoms with E-state index >= 15 is 0 Å². The Hall–Kier alpha value is -2.08. The number of aryl methyl sites for hydroxylation is 1. The fourth-order valence-electron chi connectivity index (χ4n) is 3.38. The lowest BCUT2D eigenvalue weighted by atomic mass is 10.1. The molecule has 1 aromatic heterocycles. The SMILES string of the molecule is CCCCOc1ccc2c(CCC(=O)OCC)nn(C3CCCCO3)c2c1. The van der Waals surface area contributed by atoms with E-state index in [0.29, 0.717) is 26.1 Å². The van der Waals surface area contributed by atoms with Crippen LogP contribution in [0.4, 0.5) is 0 Å². The summed E-state index contributed by atoms with van der Waals surface area (Å²) in [5.41, 5.74) is 1.92. The average molecular weight is 374 g/mol. The van der Waals surface area contributed by atoms with Gasteiger partial charge in [0, 0.05) is 24.5 Å². The number of unbranched alkanes of at least 4 members (excludes halogenated alkanes) is 1. The molecule has 0 radical (unpaired) electrons. The molecule has 6 heteroatoms. The summed E-state index contributed by atoms with van der Waals surface area (Å²) in [6, 6.07) is 6.08. The van der Waals surface area contributed by atoms with Crippen molar-refractivity contribution in [2.45, 2.75) is 65.0 Å². The molecule has 0 saturated carbocycles. The van der Waals surface area contributed by atoms with Gasteiger partial charge >= 0.3 is 5.97 Å². The molecule has 0 aliphatic carbocycles. The van der Waals surface area contributed by atoms with E-state index < -0.39 is 0 Å². The summed E-state index contributed by atoms with van der Waals surface area (Å²) < 4.78 is 18.9. The highest BCUT2D eigenvalue weighted by Crippen LogP contribution is 2.31. The summed E-state index contributed by atoms with van der Waals surface area (Å²) in [6.45, 7) is 5.85. The second-order valence-electron chi connectivity index (χ2n) is 6.90. The molecule has 148 valence electrons. The van der Waals surface area contributed by atoms with Gasteiger partial charge in [-0.15, -0.1) is 0 Å². The molecule has 1 saturated heterocycles. The van der Waals surface area contributed by atoms with E-state index in [9.17, 15) is 4.79 Å². The van der Waals surface area contributed by atoms with E-state index in [-0.39, 0.29) is 12.2 Å². The summed E-state index contributed by atoms with van der Waals surface area (Å²) in [4.78, 5) is 11.8. The Morgan fingerprint density at radius 2 is 2.22 bits per heavy atom. The second-order valence-corrected chi connectivity index (χ2v) is 6.90. The summed E-state index contributed by atoms with van der Waals surface area (Å²) >= 11 is 0. The van der Waals surface area contributed by atoms with Crippen molar-refractivity contribution in [3.8, 4) is 5.75 Å². The molecule has 0 bridgehead atoms. The summed E-state index contributed by atoms with van der Waals surface area (Å²) in [5, 5.41) is 5.86. The molecule has 2 heterocycles. The van der Waals surface area contributed by atoms with E-state index in [0.717, 1.165) is 61.1 Å². The van der Waals surface area contributed by atoms with Gasteiger partial charge < -0.3 is 14.2 Å². The molecule has 0 N–H and O–H groups in total. The highest BCUT2D eigenvalue weighted by atomic mass is 16.5. The minimum absolute atomic E-state index is 0.0523.